The third-order valence-electron chi connectivity index (χ3n) is 3.24. The summed E-state index contributed by atoms with van der Waals surface area (Å²) in [5.41, 5.74) is 3.93. The zero-order valence-electron chi connectivity index (χ0n) is 11.7. The van der Waals surface area contributed by atoms with Crippen molar-refractivity contribution in [2.24, 2.45) is 12.2 Å². The fourth-order valence-electron chi connectivity index (χ4n) is 2.10. The number of sulfonamides is 1. The smallest absolute Gasteiger partial charge is 0.247 e. The molecule has 20 heavy (non-hydrogen) atoms. The number of primary sulfonamides is 1. The lowest BCUT2D eigenvalue weighted by atomic mass is 10.2. The van der Waals surface area contributed by atoms with Crippen LogP contribution in [0.1, 0.15) is 22.5 Å². The summed E-state index contributed by atoms with van der Waals surface area (Å²) < 4.78 is 24.9. The number of nitrogens with one attached hydrogen (secondary N) is 1. The van der Waals surface area contributed by atoms with E-state index in [0.717, 1.165) is 28.3 Å². The van der Waals surface area contributed by atoms with Crippen molar-refractivity contribution in [1.29, 1.82) is 0 Å². The number of nitrogens with zero attached hydrogens (tertiary/aromatic N) is 2. The Kier molecular flexibility index (Phi) is 4.28. The zero-order chi connectivity index (χ0) is 14.9. The van der Waals surface area contributed by atoms with Crippen molar-refractivity contribution in [1.82, 2.24) is 15.1 Å². The van der Waals surface area contributed by atoms with E-state index in [0.29, 0.717) is 18.7 Å². The molecule has 0 aliphatic heterocycles. The van der Waals surface area contributed by atoms with Gasteiger partial charge in [0.25, 0.3) is 0 Å². The average molecular weight is 314 g/mol. The zero-order valence-corrected chi connectivity index (χ0v) is 13.3. The van der Waals surface area contributed by atoms with Crippen molar-refractivity contribution >= 4 is 21.4 Å². The van der Waals surface area contributed by atoms with Crippen LogP contribution < -0.4 is 10.5 Å². The van der Waals surface area contributed by atoms with Crippen LogP contribution in [0.4, 0.5) is 0 Å². The van der Waals surface area contributed by atoms with Gasteiger partial charge in [-0.25, -0.2) is 13.6 Å². The van der Waals surface area contributed by atoms with Crippen LogP contribution in [0.15, 0.2) is 15.7 Å². The Labute approximate surface area is 122 Å². The minimum absolute atomic E-state index is 0.227. The highest BCUT2D eigenvalue weighted by Gasteiger charge is 2.15. The van der Waals surface area contributed by atoms with Crippen molar-refractivity contribution < 1.29 is 8.42 Å². The lowest BCUT2D eigenvalue weighted by Crippen LogP contribution is -2.17. The first-order valence-electron chi connectivity index (χ1n) is 6.09. The second-order valence-corrected chi connectivity index (χ2v) is 7.33. The molecule has 0 aliphatic carbocycles. The van der Waals surface area contributed by atoms with Crippen molar-refractivity contribution in [3.8, 4) is 0 Å². The molecule has 0 saturated heterocycles. The lowest BCUT2D eigenvalue weighted by molar-refractivity contribution is 0.597. The second-order valence-electron chi connectivity index (χ2n) is 4.65. The Morgan fingerprint density at radius 3 is 2.65 bits per heavy atom. The third-order valence-corrected chi connectivity index (χ3v) is 5.75. The molecule has 6 nitrogen and oxygen atoms in total. The van der Waals surface area contributed by atoms with Gasteiger partial charge in [0.1, 0.15) is 4.21 Å². The number of hydrogen-bond acceptors (Lipinski definition) is 5. The molecule has 2 rings (SSSR count). The molecule has 0 radical (unpaired) electrons. The van der Waals surface area contributed by atoms with Gasteiger partial charge in [-0.3, -0.25) is 4.68 Å². The normalized spacial score (nSPS) is 12.0. The molecule has 2 heterocycles. The summed E-state index contributed by atoms with van der Waals surface area (Å²) in [6.07, 6.45) is 0. The molecule has 0 fully saturated rings. The van der Waals surface area contributed by atoms with Gasteiger partial charge in [0.2, 0.25) is 10.0 Å². The predicted octanol–water partition coefficient (Wildman–Crippen LogP) is 1.04. The maximum absolute atomic E-state index is 11.4. The highest BCUT2D eigenvalue weighted by atomic mass is 32.2. The molecule has 0 unspecified atom stereocenters. The third kappa shape index (κ3) is 3.09. The lowest BCUT2D eigenvalue weighted by Gasteiger charge is -2.06. The SMILES string of the molecule is Cc1nn(C)c(C)c1CNCc1ccsc1S(N)(=O)=O. The summed E-state index contributed by atoms with van der Waals surface area (Å²) >= 11 is 1.14. The van der Waals surface area contributed by atoms with Gasteiger partial charge in [-0.05, 0) is 30.9 Å². The molecule has 3 N–H and O–H groups in total. The highest BCUT2D eigenvalue weighted by molar-refractivity contribution is 7.91. The van der Waals surface area contributed by atoms with Crippen molar-refractivity contribution in [2.45, 2.75) is 31.1 Å². The van der Waals surface area contributed by atoms with E-state index in [9.17, 15) is 8.42 Å². The second kappa shape index (κ2) is 5.65. The minimum Gasteiger partial charge on any atom is -0.308 e. The maximum Gasteiger partial charge on any atom is 0.247 e. The Balaban J connectivity index is 2.06. The van der Waals surface area contributed by atoms with Gasteiger partial charge in [-0.2, -0.15) is 5.10 Å². The summed E-state index contributed by atoms with van der Waals surface area (Å²) in [6.45, 7) is 5.08. The summed E-state index contributed by atoms with van der Waals surface area (Å²) in [7, 11) is -1.73. The topological polar surface area (TPSA) is 90.0 Å². The van der Waals surface area contributed by atoms with E-state index in [1.165, 1.54) is 0 Å². The fourth-order valence-corrected chi connectivity index (χ4v) is 3.95. The molecule has 2 aromatic heterocycles. The van der Waals surface area contributed by atoms with Crippen molar-refractivity contribution in [3.63, 3.8) is 0 Å². The summed E-state index contributed by atoms with van der Waals surface area (Å²) in [5, 5.41) is 14.5. The molecule has 8 heteroatoms. The van der Waals surface area contributed by atoms with Crippen LogP contribution in [-0.2, 0) is 30.2 Å². The van der Waals surface area contributed by atoms with E-state index < -0.39 is 10.0 Å². The summed E-state index contributed by atoms with van der Waals surface area (Å²) in [5.74, 6) is 0. The molecule has 0 spiro atoms. The largest absolute Gasteiger partial charge is 0.308 e. The molecule has 110 valence electrons. The van der Waals surface area contributed by atoms with Crippen molar-refractivity contribution in [2.75, 3.05) is 0 Å². The van der Waals surface area contributed by atoms with Crippen LogP contribution in [0.3, 0.4) is 0 Å². The number of thiophene rings is 1. The molecule has 2 aromatic rings. The van der Waals surface area contributed by atoms with Crippen LogP contribution in [0.25, 0.3) is 0 Å². The standard InChI is InChI=1S/C12H18N4O2S2/c1-8-11(9(2)16(3)15-8)7-14-6-10-4-5-19-12(10)20(13,17)18/h4-5,14H,6-7H2,1-3H3,(H2,13,17,18). The first-order valence-corrected chi connectivity index (χ1v) is 8.52. The van der Waals surface area contributed by atoms with E-state index in [2.05, 4.69) is 10.4 Å². The van der Waals surface area contributed by atoms with E-state index >= 15 is 0 Å². The number of rotatable bonds is 5. The van der Waals surface area contributed by atoms with Crippen LogP contribution in [0, 0.1) is 13.8 Å². The van der Waals surface area contributed by atoms with Crippen LogP contribution >= 0.6 is 11.3 Å². The van der Waals surface area contributed by atoms with E-state index in [1.807, 2.05) is 25.6 Å². The molecule has 0 bridgehead atoms. The van der Waals surface area contributed by atoms with Gasteiger partial charge in [0.15, 0.2) is 0 Å². The van der Waals surface area contributed by atoms with Gasteiger partial charge >= 0.3 is 0 Å². The summed E-state index contributed by atoms with van der Waals surface area (Å²) in [4.78, 5) is 0. The minimum atomic E-state index is -3.64. The molecule has 0 amide bonds. The Morgan fingerprint density at radius 2 is 2.10 bits per heavy atom. The Hall–Kier alpha value is -1.22. The van der Waals surface area contributed by atoms with Crippen LogP contribution in [-0.4, -0.2) is 18.2 Å². The van der Waals surface area contributed by atoms with Gasteiger partial charge in [-0.15, -0.1) is 11.3 Å². The quantitative estimate of drug-likeness (QED) is 0.862. The van der Waals surface area contributed by atoms with Gasteiger partial charge in [0.05, 0.1) is 5.69 Å². The average Bonchev–Trinajstić information content (AvgIpc) is 2.89. The first kappa shape index (κ1) is 15.2. The first-order chi connectivity index (χ1) is 9.30. The van der Waals surface area contributed by atoms with Crippen LogP contribution in [0.5, 0.6) is 0 Å². The van der Waals surface area contributed by atoms with E-state index in [1.54, 1.807) is 11.4 Å². The number of aryl methyl sites for hydroxylation is 2. The monoisotopic (exact) mass is 314 g/mol. The molecule has 0 aliphatic rings. The molecular formula is C12H18N4O2S2. The van der Waals surface area contributed by atoms with Crippen molar-refractivity contribution in [3.05, 3.63) is 34.0 Å². The highest BCUT2D eigenvalue weighted by Crippen LogP contribution is 2.21. The molecule has 0 atom stereocenters. The Morgan fingerprint density at radius 1 is 1.40 bits per heavy atom. The maximum atomic E-state index is 11.4. The molecule has 0 saturated carbocycles. The summed E-state index contributed by atoms with van der Waals surface area (Å²) in [6, 6.07) is 1.78. The molecular weight excluding hydrogens is 296 g/mol. The number of aromatic nitrogens is 2. The van der Waals surface area contributed by atoms with E-state index in [-0.39, 0.29) is 4.21 Å². The predicted molar refractivity (Wildman–Crippen MR) is 78.9 cm³/mol. The number of nitrogens with two attached hydrogens (primary N) is 1. The molecule has 0 aromatic carbocycles. The van der Waals surface area contributed by atoms with Gasteiger partial charge in [0, 0.05) is 31.4 Å². The fraction of sp³-hybridized carbons (Fsp3) is 0.417. The van der Waals surface area contributed by atoms with Crippen LogP contribution in [0.2, 0.25) is 0 Å². The van der Waals surface area contributed by atoms with Gasteiger partial charge in [-0.1, -0.05) is 0 Å². The number of hydrogen-bond donors (Lipinski definition) is 2. The van der Waals surface area contributed by atoms with Gasteiger partial charge < -0.3 is 5.32 Å². The Bertz CT molecular complexity index is 716. The van der Waals surface area contributed by atoms with E-state index in [4.69, 9.17) is 5.14 Å².